The third-order valence-corrected chi connectivity index (χ3v) is 3.80. The van der Waals surface area contributed by atoms with Crippen molar-refractivity contribution >= 4 is 0 Å². The summed E-state index contributed by atoms with van der Waals surface area (Å²) < 4.78 is 0. The number of hydrogen-bond donors (Lipinski definition) is 1. The Hall–Kier alpha value is -0.0800. The van der Waals surface area contributed by atoms with Gasteiger partial charge in [0.1, 0.15) is 0 Å². The second-order valence-corrected chi connectivity index (χ2v) is 5.26. The smallest absolute Gasteiger partial charge is 0.0221 e. The lowest BCUT2D eigenvalue weighted by atomic mass is 9.92. The SMILES string of the molecule is CCCCC(CN)N1CC(C)CCC1C. The van der Waals surface area contributed by atoms with E-state index in [-0.39, 0.29) is 0 Å². The first-order chi connectivity index (χ1) is 7.19. The molecular weight excluding hydrogens is 184 g/mol. The standard InChI is InChI=1S/C13H28N2/c1-4-5-6-13(9-14)15-10-11(2)7-8-12(15)3/h11-13H,4-10,14H2,1-3H3. The van der Waals surface area contributed by atoms with Gasteiger partial charge in [0.05, 0.1) is 0 Å². The zero-order chi connectivity index (χ0) is 11.3. The first-order valence-electron chi connectivity index (χ1n) is 6.64. The second kappa shape index (κ2) is 6.49. The number of nitrogens with zero attached hydrogens (tertiary/aromatic N) is 1. The molecule has 1 rings (SSSR count). The van der Waals surface area contributed by atoms with Gasteiger partial charge in [0.2, 0.25) is 0 Å². The highest BCUT2D eigenvalue weighted by Crippen LogP contribution is 2.24. The average molecular weight is 212 g/mol. The van der Waals surface area contributed by atoms with E-state index in [0.717, 1.165) is 18.5 Å². The summed E-state index contributed by atoms with van der Waals surface area (Å²) in [5, 5.41) is 0. The molecule has 0 radical (unpaired) electrons. The van der Waals surface area contributed by atoms with Crippen molar-refractivity contribution in [2.24, 2.45) is 11.7 Å². The van der Waals surface area contributed by atoms with Gasteiger partial charge >= 0.3 is 0 Å². The molecule has 2 heteroatoms. The van der Waals surface area contributed by atoms with Crippen molar-refractivity contribution in [1.82, 2.24) is 4.90 Å². The lowest BCUT2D eigenvalue weighted by Gasteiger charge is -2.42. The van der Waals surface area contributed by atoms with Crippen molar-refractivity contribution < 1.29 is 0 Å². The summed E-state index contributed by atoms with van der Waals surface area (Å²) in [7, 11) is 0. The highest BCUT2D eigenvalue weighted by molar-refractivity contribution is 4.83. The molecule has 0 saturated carbocycles. The molecular formula is C13H28N2. The van der Waals surface area contributed by atoms with Gasteiger partial charge in [-0.05, 0) is 32.1 Å². The Morgan fingerprint density at radius 1 is 1.33 bits per heavy atom. The Labute approximate surface area is 95.2 Å². The Kier molecular flexibility index (Phi) is 5.62. The summed E-state index contributed by atoms with van der Waals surface area (Å²) in [6.07, 6.45) is 6.63. The molecule has 3 atom stereocenters. The van der Waals surface area contributed by atoms with Crippen molar-refractivity contribution in [2.75, 3.05) is 13.1 Å². The van der Waals surface area contributed by atoms with E-state index in [4.69, 9.17) is 5.73 Å². The molecule has 1 aliphatic heterocycles. The fourth-order valence-electron chi connectivity index (χ4n) is 2.69. The third kappa shape index (κ3) is 3.76. The monoisotopic (exact) mass is 212 g/mol. The van der Waals surface area contributed by atoms with E-state index in [1.165, 1.54) is 38.6 Å². The Balaban J connectivity index is 2.48. The number of hydrogen-bond acceptors (Lipinski definition) is 2. The maximum atomic E-state index is 5.91. The molecule has 1 heterocycles. The van der Waals surface area contributed by atoms with Crippen LogP contribution in [0, 0.1) is 5.92 Å². The average Bonchev–Trinajstić information content (AvgIpc) is 2.24. The van der Waals surface area contributed by atoms with E-state index in [2.05, 4.69) is 25.7 Å². The van der Waals surface area contributed by atoms with Crippen LogP contribution in [-0.2, 0) is 0 Å². The van der Waals surface area contributed by atoms with Crippen LogP contribution in [0.1, 0.15) is 52.9 Å². The number of unbranched alkanes of at least 4 members (excludes halogenated alkanes) is 1. The summed E-state index contributed by atoms with van der Waals surface area (Å²) in [6, 6.07) is 1.37. The normalized spacial score (nSPS) is 30.4. The molecule has 1 saturated heterocycles. The van der Waals surface area contributed by atoms with Crippen molar-refractivity contribution in [3.8, 4) is 0 Å². The minimum Gasteiger partial charge on any atom is -0.329 e. The highest BCUT2D eigenvalue weighted by Gasteiger charge is 2.27. The van der Waals surface area contributed by atoms with Gasteiger partial charge in [-0.15, -0.1) is 0 Å². The maximum Gasteiger partial charge on any atom is 0.0221 e. The molecule has 15 heavy (non-hydrogen) atoms. The molecule has 2 nitrogen and oxygen atoms in total. The molecule has 0 aromatic heterocycles. The molecule has 2 N–H and O–H groups in total. The molecule has 0 amide bonds. The topological polar surface area (TPSA) is 29.3 Å². The van der Waals surface area contributed by atoms with E-state index in [1.54, 1.807) is 0 Å². The van der Waals surface area contributed by atoms with E-state index in [9.17, 15) is 0 Å². The second-order valence-electron chi connectivity index (χ2n) is 5.26. The lowest BCUT2D eigenvalue weighted by Crippen LogP contribution is -2.50. The van der Waals surface area contributed by atoms with Crippen molar-refractivity contribution in [3.63, 3.8) is 0 Å². The summed E-state index contributed by atoms with van der Waals surface area (Å²) in [4.78, 5) is 2.66. The molecule has 0 spiro atoms. The fraction of sp³-hybridized carbons (Fsp3) is 1.00. The van der Waals surface area contributed by atoms with E-state index in [0.29, 0.717) is 6.04 Å². The zero-order valence-corrected chi connectivity index (χ0v) is 10.7. The summed E-state index contributed by atoms with van der Waals surface area (Å²) in [5.74, 6) is 0.858. The van der Waals surface area contributed by atoms with Gasteiger partial charge in [-0.3, -0.25) is 4.90 Å². The molecule has 1 aliphatic rings. The third-order valence-electron chi connectivity index (χ3n) is 3.80. The van der Waals surface area contributed by atoms with Crippen molar-refractivity contribution in [2.45, 2.75) is 65.0 Å². The highest BCUT2D eigenvalue weighted by atomic mass is 15.2. The van der Waals surface area contributed by atoms with Crippen molar-refractivity contribution in [3.05, 3.63) is 0 Å². The first-order valence-corrected chi connectivity index (χ1v) is 6.64. The quantitative estimate of drug-likeness (QED) is 0.759. The fourth-order valence-corrected chi connectivity index (χ4v) is 2.69. The summed E-state index contributed by atoms with van der Waals surface area (Å²) >= 11 is 0. The van der Waals surface area contributed by atoms with E-state index >= 15 is 0 Å². The summed E-state index contributed by atoms with van der Waals surface area (Å²) in [5.41, 5.74) is 5.91. The Morgan fingerprint density at radius 3 is 2.67 bits per heavy atom. The Morgan fingerprint density at radius 2 is 2.07 bits per heavy atom. The van der Waals surface area contributed by atoms with Gasteiger partial charge in [0, 0.05) is 25.2 Å². The van der Waals surface area contributed by atoms with Crippen LogP contribution in [0.15, 0.2) is 0 Å². The lowest BCUT2D eigenvalue weighted by molar-refractivity contribution is 0.0748. The van der Waals surface area contributed by atoms with Crippen LogP contribution in [0.3, 0.4) is 0 Å². The van der Waals surface area contributed by atoms with Crippen molar-refractivity contribution in [1.29, 1.82) is 0 Å². The first kappa shape index (κ1) is 13.0. The molecule has 0 bridgehead atoms. The van der Waals surface area contributed by atoms with Crippen LogP contribution in [-0.4, -0.2) is 30.1 Å². The van der Waals surface area contributed by atoms with Gasteiger partial charge in [0.25, 0.3) is 0 Å². The van der Waals surface area contributed by atoms with Gasteiger partial charge in [-0.2, -0.15) is 0 Å². The molecule has 0 aliphatic carbocycles. The minimum absolute atomic E-state index is 0.628. The van der Waals surface area contributed by atoms with Gasteiger partial charge < -0.3 is 5.73 Å². The van der Waals surface area contributed by atoms with Crippen LogP contribution in [0.25, 0.3) is 0 Å². The molecule has 0 aromatic rings. The predicted octanol–water partition coefficient (Wildman–Crippen LogP) is 2.62. The number of piperidine rings is 1. The van der Waals surface area contributed by atoms with E-state index < -0.39 is 0 Å². The van der Waals surface area contributed by atoms with Crippen LogP contribution in [0.2, 0.25) is 0 Å². The minimum atomic E-state index is 0.628. The van der Waals surface area contributed by atoms with Crippen LogP contribution in [0.5, 0.6) is 0 Å². The number of rotatable bonds is 5. The number of nitrogens with two attached hydrogens (primary N) is 1. The molecule has 1 fully saturated rings. The zero-order valence-electron chi connectivity index (χ0n) is 10.7. The van der Waals surface area contributed by atoms with Gasteiger partial charge in [-0.25, -0.2) is 0 Å². The Bertz CT molecular complexity index is 170. The van der Waals surface area contributed by atoms with Crippen LogP contribution < -0.4 is 5.73 Å². The van der Waals surface area contributed by atoms with Gasteiger partial charge in [-0.1, -0.05) is 26.7 Å². The largest absolute Gasteiger partial charge is 0.329 e. The molecule has 0 aromatic carbocycles. The van der Waals surface area contributed by atoms with Gasteiger partial charge in [0.15, 0.2) is 0 Å². The maximum absolute atomic E-state index is 5.91. The number of likely N-dealkylation sites (tertiary alicyclic amines) is 1. The van der Waals surface area contributed by atoms with Crippen LogP contribution >= 0.6 is 0 Å². The van der Waals surface area contributed by atoms with Crippen LogP contribution in [0.4, 0.5) is 0 Å². The molecule has 3 unspecified atom stereocenters. The summed E-state index contributed by atoms with van der Waals surface area (Å²) in [6.45, 7) is 9.08. The molecule has 90 valence electrons. The predicted molar refractivity (Wildman–Crippen MR) is 66.9 cm³/mol. The van der Waals surface area contributed by atoms with E-state index in [1.807, 2.05) is 0 Å².